The van der Waals surface area contributed by atoms with Crippen LogP contribution in [0.4, 0.5) is 11.7 Å². The first kappa shape index (κ1) is 18.1. The third-order valence-electron chi connectivity index (χ3n) is 5.56. The fourth-order valence-electron chi connectivity index (χ4n) is 3.67. The number of aromatic nitrogens is 4. The number of hydrogen-bond donors (Lipinski definition) is 0. The molecule has 0 spiro atoms. The summed E-state index contributed by atoms with van der Waals surface area (Å²) in [4.78, 5) is 17.6. The average Bonchev–Trinajstić information content (AvgIpc) is 3.19. The van der Waals surface area contributed by atoms with E-state index in [4.69, 9.17) is 14.0 Å². The van der Waals surface area contributed by atoms with E-state index in [0.717, 1.165) is 55.6 Å². The Hall–Kier alpha value is -2.94. The number of piperazine rings is 1. The van der Waals surface area contributed by atoms with Gasteiger partial charge >= 0.3 is 6.01 Å². The minimum atomic E-state index is 0.290. The van der Waals surface area contributed by atoms with Crippen molar-refractivity contribution < 1.29 is 14.0 Å². The molecule has 5 rings (SSSR count). The molecule has 29 heavy (non-hydrogen) atoms. The van der Waals surface area contributed by atoms with Crippen molar-refractivity contribution in [2.75, 3.05) is 43.1 Å². The summed E-state index contributed by atoms with van der Waals surface area (Å²) in [6.45, 7) is 3.70. The van der Waals surface area contributed by atoms with Crippen molar-refractivity contribution in [3.63, 3.8) is 0 Å². The van der Waals surface area contributed by atoms with Crippen LogP contribution >= 0.6 is 0 Å². The third kappa shape index (κ3) is 3.69. The van der Waals surface area contributed by atoms with Crippen molar-refractivity contribution >= 4 is 22.6 Å². The second kappa shape index (κ2) is 7.82. The van der Waals surface area contributed by atoms with Gasteiger partial charge < -0.3 is 23.8 Å². The van der Waals surface area contributed by atoms with Gasteiger partial charge in [-0.05, 0) is 37.5 Å². The fraction of sp³-hybridized carbons (Fsp3) is 0.500. The van der Waals surface area contributed by atoms with Gasteiger partial charge in [0.05, 0.1) is 10.9 Å². The van der Waals surface area contributed by atoms with Gasteiger partial charge in [0.1, 0.15) is 19.0 Å². The Labute approximate surface area is 168 Å². The lowest BCUT2D eigenvalue weighted by Crippen LogP contribution is -2.46. The SMILES string of the molecule is COCc1noc(N2CCN(c3ccc4ncnc(OC5CCC5)c4c3)CC2)n1. The highest BCUT2D eigenvalue weighted by atomic mass is 16.5. The highest BCUT2D eigenvalue weighted by Gasteiger charge is 2.23. The van der Waals surface area contributed by atoms with Crippen LogP contribution in [0.5, 0.6) is 5.88 Å². The standard InChI is InChI=1S/C20H24N6O3/c1-27-12-18-23-20(29-24-18)26-9-7-25(8-10-26)14-5-6-17-16(11-14)19(22-13-21-17)28-15-3-2-4-15/h5-6,11,13,15H,2-4,7-10,12H2,1H3. The molecule has 1 aromatic carbocycles. The van der Waals surface area contributed by atoms with Crippen LogP contribution in [0.25, 0.3) is 10.9 Å². The molecule has 1 saturated heterocycles. The van der Waals surface area contributed by atoms with Crippen LogP contribution in [0.15, 0.2) is 29.0 Å². The Balaban J connectivity index is 1.30. The van der Waals surface area contributed by atoms with Crippen LogP contribution < -0.4 is 14.5 Å². The van der Waals surface area contributed by atoms with E-state index in [0.29, 0.717) is 24.3 Å². The summed E-state index contributed by atoms with van der Waals surface area (Å²) in [6.07, 6.45) is 5.31. The molecule has 1 aliphatic heterocycles. The molecular formula is C20H24N6O3. The topological polar surface area (TPSA) is 89.6 Å². The van der Waals surface area contributed by atoms with E-state index in [1.54, 1.807) is 13.4 Å². The van der Waals surface area contributed by atoms with Gasteiger partial charge in [0.25, 0.3) is 0 Å². The Kier molecular flexibility index (Phi) is 4.89. The van der Waals surface area contributed by atoms with Crippen molar-refractivity contribution in [1.29, 1.82) is 0 Å². The van der Waals surface area contributed by atoms with Crippen molar-refractivity contribution in [2.24, 2.45) is 0 Å². The van der Waals surface area contributed by atoms with Crippen molar-refractivity contribution in [1.82, 2.24) is 20.1 Å². The smallest absolute Gasteiger partial charge is 0.324 e. The van der Waals surface area contributed by atoms with Crippen molar-refractivity contribution in [3.05, 3.63) is 30.4 Å². The summed E-state index contributed by atoms with van der Waals surface area (Å²) in [6, 6.07) is 6.85. The molecule has 1 saturated carbocycles. The predicted octanol–water partition coefficient (Wildman–Crippen LogP) is 2.42. The lowest BCUT2D eigenvalue weighted by molar-refractivity contribution is 0.116. The van der Waals surface area contributed by atoms with E-state index in [1.165, 1.54) is 6.42 Å². The largest absolute Gasteiger partial charge is 0.474 e. The molecular weight excluding hydrogens is 372 g/mol. The van der Waals surface area contributed by atoms with E-state index in [1.807, 2.05) is 6.07 Å². The molecule has 0 atom stereocenters. The number of fused-ring (bicyclic) bond motifs is 1. The van der Waals surface area contributed by atoms with E-state index < -0.39 is 0 Å². The summed E-state index contributed by atoms with van der Waals surface area (Å²) >= 11 is 0. The molecule has 0 N–H and O–H groups in total. The van der Waals surface area contributed by atoms with Gasteiger partial charge in [0.15, 0.2) is 5.82 Å². The molecule has 0 amide bonds. The van der Waals surface area contributed by atoms with Gasteiger partial charge in [-0.2, -0.15) is 4.98 Å². The first-order chi connectivity index (χ1) is 14.3. The minimum Gasteiger partial charge on any atom is -0.474 e. The highest BCUT2D eigenvalue weighted by Crippen LogP contribution is 2.31. The van der Waals surface area contributed by atoms with Crippen molar-refractivity contribution in [3.8, 4) is 5.88 Å². The Morgan fingerprint density at radius 3 is 2.69 bits per heavy atom. The van der Waals surface area contributed by atoms with Gasteiger partial charge in [-0.25, -0.2) is 9.97 Å². The third-order valence-corrected chi connectivity index (χ3v) is 5.56. The van der Waals surface area contributed by atoms with Gasteiger partial charge in [0.2, 0.25) is 5.88 Å². The van der Waals surface area contributed by atoms with E-state index in [-0.39, 0.29) is 6.10 Å². The normalized spacial score (nSPS) is 17.6. The predicted molar refractivity (Wildman–Crippen MR) is 107 cm³/mol. The summed E-state index contributed by atoms with van der Waals surface area (Å²) in [7, 11) is 1.62. The first-order valence-electron chi connectivity index (χ1n) is 10.0. The van der Waals surface area contributed by atoms with Gasteiger partial charge in [-0.15, -0.1) is 0 Å². The zero-order valence-corrected chi connectivity index (χ0v) is 16.5. The number of anilines is 2. The van der Waals surface area contributed by atoms with Crippen LogP contribution in [0.2, 0.25) is 0 Å². The molecule has 3 heterocycles. The summed E-state index contributed by atoms with van der Waals surface area (Å²) in [5, 5.41) is 4.92. The first-order valence-corrected chi connectivity index (χ1v) is 10.0. The second-order valence-electron chi connectivity index (χ2n) is 7.45. The van der Waals surface area contributed by atoms with Crippen LogP contribution in [-0.4, -0.2) is 59.5 Å². The summed E-state index contributed by atoms with van der Waals surface area (Å²) in [5.41, 5.74) is 2.06. The lowest BCUT2D eigenvalue weighted by atomic mass is 9.96. The van der Waals surface area contributed by atoms with Crippen LogP contribution in [-0.2, 0) is 11.3 Å². The molecule has 9 nitrogen and oxygen atoms in total. The number of benzene rings is 1. The zero-order valence-electron chi connectivity index (χ0n) is 16.5. The van der Waals surface area contributed by atoms with E-state index in [2.05, 4.69) is 42.0 Å². The molecule has 9 heteroatoms. The Morgan fingerprint density at radius 2 is 1.93 bits per heavy atom. The maximum absolute atomic E-state index is 6.09. The molecule has 0 unspecified atom stereocenters. The van der Waals surface area contributed by atoms with E-state index >= 15 is 0 Å². The quantitative estimate of drug-likeness (QED) is 0.623. The molecule has 2 aromatic heterocycles. The maximum atomic E-state index is 6.09. The number of hydrogen-bond acceptors (Lipinski definition) is 9. The molecule has 0 bridgehead atoms. The molecule has 2 aliphatic rings. The molecule has 1 aliphatic carbocycles. The molecule has 3 aromatic rings. The lowest BCUT2D eigenvalue weighted by Gasteiger charge is -2.35. The number of nitrogens with zero attached hydrogens (tertiary/aromatic N) is 6. The summed E-state index contributed by atoms with van der Waals surface area (Å²) < 4.78 is 16.5. The van der Waals surface area contributed by atoms with Crippen LogP contribution in [0.3, 0.4) is 0 Å². The Bertz CT molecular complexity index is 981. The highest BCUT2D eigenvalue weighted by molar-refractivity contribution is 5.86. The average molecular weight is 396 g/mol. The zero-order chi connectivity index (χ0) is 19.6. The monoisotopic (exact) mass is 396 g/mol. The second-order valence-corrected chi connectivity index (χ2v) is 7.45. The van der Waals surface area contributed by atoms with Crippen LogP contribution in [0.1, 0.15) is 25.1 Å². The fourth-order valence-corrected chi connectivity index (χ4v) is 3.67. The molecule has 2 fully saturated rings. The van der Waals surface area contributed by atoms with Crippen LogP contribution in [0, 0.1) is 0 Å². The number of methoxy groups -OCH3 is 1. The van der Waals surface area contributed by atoms with Gasteiger partial charge in [-0.3, -0.25) is 0 Å². The van der Waals surface area contributed by atoms with Gasteiger partial charge in [0, 0.05) is 39.0 Å². The van der Waals surface area contributed by atoms with E-state index in [9.17, 15) is 0 Å². The Morgan fingerprint density at radius 1 is 1.10 bits per heavy atom. The van der Waals surface area contributed by atoms with Gasteiger partial charge in [-0.1, -0.05) is 5.16 Å². The van der Waals surface area contributed by atoms with Crippen molar-refractivity contribution in [2.45, 2.75) is 32.0 Å². The maximum Gasteiger partial charge on any atom is 0.324 e. The molecule has 152 valence electrons. The number of rotatable bonds is 6. The minimum absolute atomic E-state index is 0.290. The number of ether oxygens (including phenoxy) is 2. The molecule has 0 radical (unpaired) electrons. The summed E-state index contributed by atoms with van der Waals surface area (Å²) in [5.74, 6) is 1.26.